The monoisotopic (exact) mass is 521 g/mol. The molecule has 4 aliphatic rings. The number of hydroxylamine groups is 1. The first-order chi connectivity index (χ1) is 18.3. The van der Waals surface area contributed by atoms with E-state index in [2.05, 4.69) is 10.3 Å². The number of nitrogens with one attached hydrogen (secondary N) is 1. The van der Waals surface area contributed by atoms with E-state index in [4.69, 9.17) is 23.8 Å². The first-order valence-corrected chi connectivity index (χ1v) is 12.4. The van der Waals surface area contributed by atoms with Crippen LogP contribution in [0.15, 0.2) is 41.7 Å². The zero-order chi connectivity index (χ0) is 27.1. The van der Waals surface area contributed by atoms with Crippen LogP contribution in [-0.4, -0.2) is 63.3 Å². The molecule has 2 bridgehead atoms. The first kappa shape index (κ1) is 25.6. The third-order valence-electron chi connectivity index (χ3n) is 7.11. The van der Waals surface area contributed by atoms with Crippen LogP contribution in [0.4, 0.5) is 5.82 Å². The number of pyridine rings is 1. The maximum atomic E-state index is 13.8. The van der Waals surface area contributed by atoms with Crippen LogP contribution in [0.5, 0.6) is 17.2 Å². The number of anilines is 1. The van der Waals surface area contributed by atoms with Gasteiger partial charge < -0.3 is 24.3 Å². The van der Waals surface area contributed by atoms with Crippen LogP contribution >= 0.6 is 0 Å². The van der Waals surface area contributed by atoms with Crippen LogP contribution < -0.4 is 24.6 Å². The summed E-state index contributed by atoms with van der Waals surface area (Å²) in [6.07, 6.45) is 1.80. The molecule has 6 rings (SSSR count). The van der Waals surface area contributed by atoms with Crippen molar-refractivity contribution in [3.05, 3.63) is 58.5 Å². The molecule has 38 heavy (non-hydrogen) atoms. The second-order valence-electron chi connectivity index (χ2n) is 9.33. The average Bonchev–Trinajstić information content (AvgIpc) is 3.21. The molecule has 1 amide bonds. The summed E-state index contributed by atoms with van der Waals surface area (Å²) < 4.78 is 22.9. The summed E-state index contributed by atoms with van der Waals surface area (Å²) in [6.45, 7) is 3.35. The number of amides is 1. The molecule has 2 aliphatic carbocycles. The van der Waals surface area contributed by atoms with Gasteiger partial charge in [-0.25, -0.2) is 10.0 Å². The van der Waals surface area contributed by atoms with Crippen LogP contribution in [0.3, 0.4) is 0 Å². The smallest absolute Gasteiger partial charge is 0.232 e. The van der Waals surface area contributed by atoms with Gasteiger partial charge in [0.05, 0.1) is 34.5 Å². The predicted octanol–water partition coefficient (Wildman–Crippen LogP) is 2.92. The standard InChI is InChI=1S/C28H31N3O7/c1-14-8-7-9-21(29-14)31-18-13-19(34-3)25(33)27(38-31)23-17(30-15(2)32)11-10-16-12-20(35-4)26(36-5)28(37-6)22(16)24(18)23/h7-9,12-13,17-18,27H,10-11H2,1-6H3,(H,30,32)/t17-,18-,27+/m0/s1. The highest BCUT2D eigenvalue weighted by Crippen LogP contribution is 2.52. The summed E-state index contributed by atoms with van der Waals surface area (Å²) >= 11 is 0. The van der Waals surface area contributed by atoms with Crippen LogP contribution in [-0.2, 0) is 25.6 Å². The molecule has 3 atom stereocenters. The molecule has 1 aromatic carbocycles. The highest BCUT2D eigenvalue weighted by molar-refractivity contribution is 6.05. The fourth-order valence-corrected chi connectivity index (χ4v) is 5.59. The third kappa shape index (κ3) is 4.05. The Bertz CT molecular complexity index is 1370. The lowest BCUT2D eigenvalue weighted by molar-refractivity contribution is -0.129. The van der Waals surface area contributed by atoms with Crippen molar-refractivity contribution in [1.29, 1.82) is 0 Å². The lowest BCUT2D eigenvalue weighted by atomic mass is 9.85. The molecule has 0 saturated heterocycles. The summed E-state index contributed by atoms with van der Waals surface area (Å²) in [5, 5.41) is 4.69. The number of methoxy groups -OCH3 is 4. The second kappa shape index (κ2) is 10.0. The van der Waals surface area contributed by atoms with Crippen LogP contribution in [0.25, 0.3) is 5.57 Å². The molecule has 2 aromatic rings. The Morgan fingerprint density at radius 2 is 1.87 bits per heavy atom. The minimum atomic E-state index is -1.06. The largest absolute Gasteiger partial charge is 0.493 e. The molecule has 0 fully saturated rings. The lowest BCUT2D eigenvalue weighted by Gasteiger charge is -2.40. The van der Waals surface area contributed by atoms with E-state index >= 15 is 0 Å². The number of carbonyl (C=O) groups excluding carboxylic acids is 2. The highest BCUT2D eigenvalue weighted by atomic mass is 16.7. The van der Waals surface area contributed by atoms with E-state index in [1.54, 1.807) is 32.5 Å². The number of aromatic nitrogens is 1. The van der Waals surface area contributed by atoms with Crippen molar-refractivity contribution in [2.75, 3.05) is 33.5 Å². The van der Waals surface area contributed by atoms with E-state index in [0.717, 1.165) is 22.4 Å². The van der Waals surface area contributed by atoms with Crippen LogP contribution in [0.1, 0.15) is 30.2 Å². The molecule has 1 aromatic heterocycles. The van der Waals surface area contributed by atoms with Gasteiger partial charge in [-0.1, -0.05) is 6.07 Å². The fraction of sp³-hybridized carbons (Fsp3) is 0.393. The zero-order valence-corrected chi connectivity index (χ0v) is 22.3. The molecule has 10 nitrogen and oxygen atoms in total. The van der Waals surface area contributed by atoms with Crippen molar-refractivity contribution in [3.63, 3.8) is 0 Å². The van der Waals surface area contributed by atoms with Crippen molar-refractivity contribution in [3.8, 4) is 17.2 Å². The first-order valence-electron chi connectivity index (χ1n) is 12.4. The second-order valence-corrected chi connectivity index (χ2v) is 9.33. The van der Waals surface area contributed by atoms with E-state index in [1.807, 2.05) is 31.2 Å². The Morgan fingerprint density at radius 1 is 1.11 bits per heavy atom. The van der Waals surface area contributed by atoms with Crippen molar-refractivity contribution >= 4 is 23.1 Å². The van der Waals surface area contributed by atoms with Gasteiger partial charge in [-0.2, -0.15) is 0 Å². The summed E-state index contributed by atoms with van der Waals surface area (Å²) in [4.78, 5) is 37.2. The number of benzene rings is 1. The molecule has 0 spiro atoms. The van der Waals surface area contributed by atoms with Crippen molar-refractivity contribution in [2.24, 2.45) is 0 Å². The quantitative estimate of drug-likeness (QED) is 0.614. The molecule has 0 radical (unpaired) electrons. The number of nitrogens with zero attached hydrogens (tertiary/aromatic N) is 2. The number of fused-ring (bicyclic) bond motifs is 3. The number of ether oxygens (including phenoxy) is 4. The lowest BCUT2D eigenvalue weighted by Crippen LogP contribution is -2.50. The minimum Gasteiger partial charge on any atom is -0.493 e. The molecule has 3 heterocycles. The maximum Gasteiger partial charge on any atom is 0.232 e. The Hall–Kier alpha value is -4.05. The summed E-state index contributed by atoms with van der Waals surface area (Å²) in [7, 11) is 6.16. The van der Waals surface area contributed by atoms with E-state index in [0.29, 0.717) is 41.5 Å². The number of Topliss-reactive ketones (excluding diaryl/α,β-unsaturated/α-hetero) is 1. The van der Waals surface area contributed by atoms with Gasteiger partial charge in [-0.05, 0) is 60.8 Å². The van der Waals surface area contributed by atoms with E-state index < -0.39 is 18.2 Å². The molecule has 2 aliphatic heterocycles. The third-order valence-corrected chi connectivity index (χ3v) is 7.11. The van der Waals surface area contributed by atoms with Crippen molar-refractivity contribution in [2.45, 2.75) is 44.9 Å². The number of ketones is 1. The van der Waals surface area contributed by atoms with E-state index in [9.17, 15) is 9.59 Å². The van der Waals surface area contributed by atoms with Crippen LogP contribution in [0.2, 0.25) is 0 Å². The Kier molecular flexibility index (Phi) is 6.75. The van der Waals surface area contributed by atoms with Gasteiger partial charge in [0.2, 0.25) is 17.4 Å². The van der Waals surface area contributed by atoms with Gasteiger partial charge in [-0.3, -0.25) is 14.4 Å². The van der Waals surface area contributed by atoms with Crippen molar-refractivity contribution < 1.29 is 33.4 Å². The molecule has 200 valence electrons. The number of aryl methyl sites for hydroxylation is 2. The number of hydrogen-bond donors (Lipinski definition) is 1. The molecular formula is C28H31N3O7. The Morgan fingerprint density at radius 3 is 2.50 bits per heavy atom. The van der Waals surface area contributed by atoms with E-state index in [1.165, 1.54) is 14.0 Å². The fourth-order valence-electron chi connectivity index (χ4n) is 5.59. The summed E-state index contributed by atoms with van der Waals surface area (Å²) in [5.41, 5.74) is 3.93. The van der Waals surface area contributed by atoms with Crippen LogP contribution in [0, 0.1) is 6.92 Å². The van der Waals surface area contributed by atoms with Gasteiger partial charge in [0.25, 0.3) is 0 Å². The summed E-state index contributed by atoms with van der Waals surface area (Å²) in [6, 6.07) is 6.43. The van der Waals surface area contributed by atoms with Gasteiger partial charge in [0.1, 0.15) is 6.04 Å². The molecular weight excluding hydrogens is 490 g/mol. The minimum absolute atomic E-state index is 0.172. The average molecular weight is 522 g/mol. The molecule has 0 unspecified atom stereocenters. The maximum absolute atomic E-state index is 13.8. The normalized spacial score (nSPS) is 22.1. The summed E-state index contributed by atoms with van der Waals surface area (Å²) in [5.74, 6) is 1.60. The number of hydrogen-bond acceptors (Lipinski definition) is 9. The topological polar surface area (TPSA) is 108 Å². The molecule has 1 N–H and O–H groups in total. The molecule has 10 heteroatoms. The van der Waals surface area contributed by atoms with E-state index in [-0.39, 0.29) is 17.4 Å². The van der Waals surface area contributed by atoms with Gasteiger partial charge in [0, 0.05) is 18.2 Å². The van der Waals surface area contributed by atoms with Gasteiger partial charge in [-0.15, -0.1) is 0 Å². The molecule has 0 saturated carbocycles. The zero-order valence-electron chi connectivity index (χ0n) is 22.3. The number of carbonyl (C=O) groups is 2. The Labute approximate surface area is 221 Å². The van der Waals surface area contributed by atoms with Crippen molar-refractivity contribution in [1.82, 2.24) is 10.3 Å². The Balaban J connectivity index is 1.87. The van der Waals surface area contributed by atoms with Gasteiger partial charge >= 0.3 is 0 Å². The highest BCUT2D eigenvalue weighted by Gasteiger charge is 2.50. The predicted molar refractivity (Wildman–Crippen MR) is 139 cm³/mol. The SMILES string of the molecule is COC1=C[C@H]2C3=C([C@@H](ON2c2cccc(C)n2)C1=O)[C@@H](NC(C)=O)CCc1cc(OC)c(OC)c(OC)c13. The van der Waals surface area contributed by atoms with Gasteiger partial charge in [0.15, 0.2) is 29.2 Å². The number of rotatable bonds is 6.